The molecule has 0 saturated heterocycles. The summed E-state index contributed by atoms with van der Waals surface area (Å²) in [6.45, 7) is 0. The van der Waals surface area contributed by atoms with Crippen molar-refractivity contribution in [3.8, 4) is 6.07 Å². The van der Waals surface area contributed by atoms with Gasteiger partial charge in [-0.3, -0.25) is 4.72 Å². The van der Waals surface area contributed by atoms with Crippen molar-refractivity contribution < 1.29 is 8.42 Å². The monoisotopic (exact) mass is 350 g/mol. The minimum Gasteiger partial charge on any atom is -0.282 e. The second-order valence-corrected chi connectivity index (χ2v) is 6.79. The number of hydrogen-bond acceptors (Lipinski definition) is 3. The van der Waals surface area contributed by atoms with Gasteiger partial charge in [0.25, 0.3) is 0 Å². The van der Waals surface area contributed by atoms with Gasteiger partial charge in [0, 0.05) is 4.47 Å². The van der Waals surface area contributed by atoms with Gasteiger partial charge in [-0.2, -0.15) is 5.26 Å². The average molecular weight is 351 g/mol. The maximum atomic E-state index is 12.1. The number of nitrogens with one attached hydrogen (secondary N) is 1. The molecule has 0 bridgehead atoms. The lowest BCUT2D eigenvalue weighted by Gasteiger charge is -2.10. The summed E-state index contributed by atoms with van der Waals surface area (Å²) >= 11 is 3.26. The highest BCUT2D eigenvalue weighted by atomic mass is 79.9. The first kappa shape index (κ1) is 14.6. The lowest BCUT2D eigenvalue weighted by atomic mass is 10.2. The third kappa shape index (κ3) is 3.83. The predicted molar refractivity (Wildman–Crippen MR) is 81.5 cm³/mol. The lowest BCUT2D eigenvalue weighted by Crippen LogP contribution is -2.15. The smallest absolute Gasteiger partial charge is 0.236 e. The van der Waals surface area contributed by atoms with Gasteiger partial charge in [0.15, 0.2) is 0 Å². The van der Waals surface area contributed by atoms with Crippen LogP contribution in [0.2, 0.25) is 0 Å². The van der Waals surface area contributed by atoms with E-state index in [0.717, 1.165) is 0 Å². The first-order chi connectivity index (χ1) is 9.50. The van der Waals surface area contributed by atoms with Gasteiger partial charge in [-0.25, -0.2) is 8.42 Å². The summed E-state index contributed by atoms with van der Waals surface area (Å²) in [5, 5.41) is 9.00. The molecule has 0 spiro atoms. The number of anilines is 1. The summed E-state index contributed by atoms with van der Waals surface area (Å²) in [6.07, 6.45) is 0. The zero-order chi connectivity index (χ0) is 14.6. The van der Waals surface area contributed by atoms with Gasteiger partial charge in [-0.05, 0) is 23.8 Å². The minimum atomic E-state index is -3.56. The van der Waals surface area contributed by atoms with Crippen LogP contribution in [-0.2, 0) is 15.8 Å². The summed E-state index contributed by atoms with van der Waals surface area (Å²) in [5.74, 6) is -0.134. The molecule has 0 saturated carbocycles. The second-order valence-electron chi connectivity index (χ2n) is 4.15. The fraction of sp³-hybridized carbons (Fsp3) is 0.0714. The summed E-state index contributed by atoms with van der Waals surface area (Å²) in [5.41, 5.74) is 1.25. The Labute approximate surface area is 126 Å². The van der Waals surface area contributed by atoms with Crippen LogP contribution in [-0.4, -0.2) is 8.42 Å². The molecule has 6 heteroatoms. The lowest BCUT2D eigenvalue weighted by molar-refractivity contribution is 0.600. The number of halogens is 1. The maximum Gasteiger partial charge on any atom is 0.236 e. The number of sulfonamides is 1. The molecule has 20 heavy (non-hydrogen) atoms. The van der Waals surface area contributed by atoms with Gasteiger partial charge < -0.3 is 0 Å². The molecule has 0 atom stereocenters. The molecule has 2 aromatic carbocycles. The zero-order valence-electron chi connectivity index (χ0n) is 10.4. The van der Waals surface area contributed by atoms with Crippen LogP contribution in [0.25, 0.3) is 0 Å². The van der Waals surface area contributed by atoms with E-state index >= 15 is 0 Å². The highest BCUT2D eigenvalue weighted by molar-refractivity contribution is 9.10. The maximum absolute atomic E-state index is 12.1. The van der Waals surface area contributed by atoms with E-state index in [2.05, 4.69) is 20.7 Å². The Morgan fingerprint density at radius 2 is 1.85 bits per heavy atom. The van der Waals surface area contributed by atoms with Crippen molar-refractivity contribution >= 4 is 31.6 Å². The van der Waals surface area contributed by atoms with Gasteiger partial charge in [0.05, 0.1) is 17.0 Å². The molecule has 0 unspecified atom stereocenters. The molecule has 0 aliphatic rings. The summed E-state index contributed by atoms with van der Waals surface area (Å²) in [7, 11) is -3.56. The molecule has 0 amide bonds. The topological polar surface area (TPSA) is 70.0 Å². The van der Waals surface area contributed by atoms with Crippen LogP contribution in [0.4, 0.5) is 5.69 Å². The van der Waals surface area contributed by atoms with Crippen molar-refractivity contribution in [2.75, 3.05) is 4.72 Å². The van der Waals surface area contributed by atoms with E-state index < -0.39 is 10.0 Å². The van der Waals surface area contributed by atoms with E-state index in [9.17, 15) is 8.42 Å². The van der Waals surface area contributed by atoms with Gasteiger partial charge in [0.1, 0.15) is 6.07 Å². The Morgan fingerprint density at radius 1 is 1.15 bits per heavy atom. The molecule has 2 rings (SSSR count). The van der Waals surface area contributed by atoms with Crippen LogP contribution in [0.5, 0.6) is 0 Å². The fourth-order valence-electron chi connectivity index (χ4n) is 1.70. The first-order valence-electron chi connectivity index (χ1n) is 5.74. The van der Waals surface area contributed by atoms with Crippen molar-refractivity contribution in [3.05, 3.63) is 64.1 Å². The molecule has 0 aliphatic heterocycles. The van der Waals surface area contributed by atoms with E-state index in [4.69, 9.17) is 5.26 Å². The number of benzene rings is 2. The summed E-state index contributed by atoms with van der Waals surface area (Å²) in [4.78, 5) is 0. The highest BCUT2D eigenvalue weighted by Crippen LogP contribution is 2.22. The minimum absolute atomic E-state index is 0.134. The molecule has 0 aliphatic carbocycles. The van der Waals surface area contributed by atoms with E-state index in [0.29, 0.717) is 10.0 Å². The third-order valence-electron chi connectivity index (χ3n) is 2.57. The van der Waals surface area contributed by atoms with Crippen LogP contribution in [0.15, 0.2) is 53.0 Å². The number of nitriles is 1. The van der Waals surface area contributed by atoms with E-state index in [1.165, 1.54) is 0 Å². The normalized spacial score (nSPS) is 10.8. The van der Waals surface area contributed by atoms with Crippen molar-refractivity contribution in [1.82, 2.24) is 0 Å². The molecule has 102 valence electrons. The van der Waals surface area contributed by atoms with Crippen LogP contribution >= 0.6 is 15.9 Å². The molecule has 0 fully saturated rings. The molecule has 4 nitrogen and oxygen atoms in total. The Balaban J connectivity index is 2.25. The van der Waals surface area contributed by atoms with Gasteiger partial charge in [-0.15, -0.1) is 0 Å². The average Bonchev–Trinajstić information content (AvgIpc) is 2.39. The standard InChI is InChI=1S/C14H11BrN2O2S/c15-13-7-6-12(9-16)14(8-13)17-20(18,19)10-11-4-2-1-3-5-11/h1-8,17H,10H2. The highest BCUT2D eigenvalue weighted by Gasteiger charge is 2.14. The molecule has 0 aromatic heterocycles. The Morgan fingerprint density at radius 3 is 2.50 bits per heavy atom. The van der Waals surface area contributed by atoms with Crippen molar-refractivity contribution in [1.29, 1.82) is 5.26 Å². The van der Waals surface area contributed by atoms with Crippen molar-refractivity contribution in [2.24, 2.45) is 0 Å². The van der Waals surface area contributed by atoms with E-state index in [1.54, 1.807) is 42.5 Å². The number of hydrogen-bond donors (Lipinski definition) is 1. The molecule has 0 radical (unpaired) electrons. The largest absolute Gasteiger partial charge is 0.282 e. The molecular formula is C14H11BrN2O2S. The van der Waals surface area contributed by atoms with Gasteiger partial charge in [-0.1, -0.05) is 46.3 Å². The van der Waals surface area contributed by atoms with Crippen LogP contribution in [0.3, 0.4) is 0 Å². The number of nitrogens with zero attached hydrogens (tertiary/aromatic N) is 1. The quantitative estimate of drug-likeness (QED) is 0.919. The molecule has 2 aromatic rings. The Bertz CT molecular complexity index is 752. The summed E-state index contributed by atoms with van der Waals surface area (Å²) < 4.78 is 27.4. The molecule has 0 heterocycles. The third-order valence-corrected chi connectivity index (χ3v) is 4.30. The second kappa shape index (κ2) is 6.07. The van der Waals surface area contributed by atoms with E-state index in [1.807, 2.05) is 12.1 Å². The van der Waals surface area contributed by atoms with Crippen molar-refractivity contribution in [2.45, 2.75) is 5.75 Å². The Kier molecular flexibility index (Phi) is 4.42. The fourth-order valence-corrected chi connectivity index (χ4v) is 3.26. The van der Waals surface area contributed by atoms with Crippen LogP contribution in [0, 0.1) is 11.3 Å². The first-order valence-corrected chi connectivity index (χ1v) is 8.19. The molecule has 1 N–H and O–H groups in total. The molecular weight excluding hydrogens is 340 g/mol. The SMILES string of the molecule is N#Cc1ccc(Br)cc1NS(=O)(=O)Cc1ccccc1. The Hall–Kier alpha value is -1.84. The van der Waals surface area contributed by atoms with Gasteiger partial charge >= 0.3 is 0 Å². The predicted octanol–water partition coefficient (Wildman–Crippen LogP) is 3.26. The van der Waals surface area contributed by atoms with Crippen LogP contribution in [0.1, 0.15) is 11.1 Å². The van der Waals surface area contributed by atoms with E-state index in [-0.39, 0.29) is 17.0 Å². The van der Waals surface area contributed by atoms with Crippen LogP contribution < -0.4 is 4.72 Å². The number of rotatable bonds is 4. The van der Waals surface area contributed by atoms with Crippen molar-refractivity contribution in [3.63, 3.8) is 0 Å². The zero-order valence-corrected chi connectivity index (χ0v) is 12.8. The summed E-state index contributed by atoms with van der Waals surface area (Å²) in [6, 6.07) is 15.7. The van der Waals surface area contributed by atoms with Gasteiger partial charge in [0.2, 0.25) is 10.0 Å².